The van der Waals surface area contributed by atoms with Gasteiger partial charge in [-0.05, 0) is 44.5 Å². The van der Waals surface area contributed by atoms with Crippen molar-refractivity contribution in [1.82, 2.24) is 15.2 Å². The number of urea groups is 1. The SMILES string of the molecule is CCCCN1CCCCC1CNC(=O)Nc1cccnc1OC. The van der Waals surface area contributed by atoms with Gasteiger partial charge >= 0.3 is 6.03 Å². The van der Waals surface area contributed by atoms with E-state index in [0.717, 1.165) is 19.5 Å². The highest BCUT2D eigenvalue weighted by atomic mass is 16.5. The summed E-state index contributed by atoms with van der Waals surface area (Å²) in [6, 6.07) is 3.78. The molecule has 1 fully saturated rings. The molecule has 0 spiro atoms. The van der Waals surface area contributed by atoms with Gasteiger partial charge < -0.3 is 15.4 Å². The summed E-state index contributed by atoms with van der Waals surface area (Å²) in [6.07, 6.45) is 7.72. The Balaban J connectivity index is 1.82. The van der Waals surface area contributed by atoms with Gasteiger partial charge in [0, 0.05) is 18.8 Å². The van der Waals surface area contributed by atoms with Gasteiger partial charge in [0.05, 0.1) is 7.11 Å². The Morgan fingerprint density at radius 1 is 1.48 bits per heavy atom. The first-order valence-electron chi connectivity index (χ1n) is 8.52. The van der Waals surface area contributed by atoms with Crippen LogP contribution in [-0.4, -0.2) is 48.7 Å². The summed E-state index contributed by atoms with van der Waals surface area (Å²) in [5.41, 5.74) is 0.582. The number of carbonyl (C=O) groups excluding carboxylic acids is 1. The summed E-state index contributed by atoms with van der Waals surface area (Å²) in [4.78, 5) is 18.7. The van der Waals surface area contributed by atoms with Gasteiger partial charge in [0.25, 0.3) is 0 Å². The molecule has 1 saturated heterocycles. The van der Waals surface area contributed by atoms with Crippen molar-refractivity contribution in [3.63, 3.8) is 0 Å². The number of hydrogen-bond acceptors (Lipinski definition) is 4. The average molecular weight is 320 g/mol. The van der Waals surface area contributed by atoms with E-state index in [-0.39, 0.29) is 6.03 Å². The molecule has 0 aliphatic carbocycles. The first-order chi connectivity index (χ1) is 11.2. The van der Waals surface area contributed by atoms with Crippen LogP contribution in [0.5, 0.6) is 5.88 Å². The predicted molar refractivity (Wildman–Crippen MR) is 91.9 cm³/mol. The molecule has 6 nitrogen and oxygen atoms in total. The van der Waals surface area contributed by atoms with Crippen molar-refractivity contribution in [1.29, 1.82) is 0 Å². The third kappa shape index (κ3) is 5.39. The van der Waals surface area contributed by atoms with E-state index in [4.69, 9.17) is 4.74 Å². The maximum Gasteiger partial charge on any atom is 0.319 e. The number of pyridine rings is 1. The fourth-order valence-corrected chi connectivity index (χ4v) is 2.97. The van der Waals surface area contributed by atoms with Crippen LogP contribution in [0, 0.1) is 0 Å². The monoisotopic (exact) mass is 320 g/mol. The zero-order valence-electron chi connectivity index (χ0n) is 14.2. The molecule has 0 saturated carbocycles. The zero-order valence-corrected chi connectivity index (χ0v) is 14.2. The lowest BCUT2D eigenvalue weighted by atomic mass is 10.0. The van der Waals surface area contributed by atoms with Crippen molar-refractivity contribution in [3.8, 4) is 5.88 Å². The molecule has 23 heavy (non-hydrogen) atoms. The number of piperidine rings is 1. The van der Waals surface area contributed by atoms with Gasteiger partial charge in [0.2, 0.25) is 5.88 Å². The van der Waals surface area contributed by atoms with Gasteiger partial charge in [-0.3, -0.25) is 4.90 Å². The minimum atomic E-state index is -0.211. The van der Waals surface area contributed by atoms with Gasteiger partial charge in [-0.15, -0.1) is 0 Å². The first-order valence-corrected chi connectivity index (χ1v) is 8.52. The van der Waals surface area contributed by atoms with Crippen LogP contribution in [0.4, 0.5) is 10.5 Å². The molecule has 128 valence electrons. The molecule has 2 amide bonds. The van der Waals surface area contributed by atoms with Crippen molar-refractivity contribution in [2.75, 3.05) is 32.1 Å². The highest BCUT2D eigenvalue weighted by Crippen LogP contribution is 2.20. The summed E-state index contributed by atoms with van der Waals surface area (Å²) < 4.78 is 5.14. The van der Waals surface area contributed by atoms with Gasteiger partial charge in [0.1, 0.15) is 5.69 Å². The van der Waals surface area contributed by atoms with Gasteiger partial charge in [-0.2, -0.15) is 0 Å². The third-order valence-corrected chi connectivity index (χ3v) is 4.26. The molecule has 2 heterocycles. The Bertz CT molecular complexity index is 495. The fourth-order valence-electron chi connectivity index (χ4n) is 2.97. The molecule has 1 atom stereocenters. The van der Waals surface area contributed by atoms with Gasteiger partial charge in [-0.1, -0.05) is 19.8 Å². The normalized spacial score (nSPS) is 18.4. The lowest BCUT2D eigenvalue weighted by Gasteiger charge is -2.35. The Morgan fingerprint density at radius 2 is 2.35 bits per heavy atom. The van der Waals surface area contributed by atoms with Crippen molar-refractivity contribution in [3.05, 3.63) is 18.3 Å². The Hall–Kier alpha value is -1.82. The number of rotatable bonds is 7. The number of unbranched alkanes of at least 4 members (excludes halogenated alkanes) is 1. The summed E-state index contributed by atoms with van der Waals surface area (Å²) >= 11 is 0. The molecule has 1 aliphatic rings. The van der Waals surface area contributed by atoms with E-state index >= 15 is 0 Å². The molecule has 6 heteroatoms. The molecule has 0 aromatic carbocycles. The molecule has 1 aromatic rings. The number of anilines is 1. The smallest absolute Gasteiger partial charge is 0.319 e. The molecule has 2 rings (SSSR count). The quantitative estimate of drug-likeness (QED) is 0.811. The fraction of sp³-hybridized carbons (Fsp3) is 0.647. The number of nitrogens with zero attached hydrogens (tertiary/aromatic N) is 2. The highest BCUT2D eigenvalue weighted by Gasteiger charge is 2.22. The molecule has 1 aliphatic heterocycles. The third-order valence-electron chi connectivity index (χ3n) is 4.26. The highest BCUT2D eigenvalue weighted by molar-refractivity contribution is 5.90. The molecular weight excluding hydrogens is 292 g/mol. The van der Waals surface area contributed by atoms with Gasteiger partial charge in [0.15, 0.2) is 0 Å². The standard InChI is InChI=1S/C17H28N4O2/c1-3-4-11-21-12-6-5-8-14(21)13-19-17(22)20-15-9-7-10-18-16(15)23-2/h7,9-10,14H,3-6,8,11-13H2,1-2H3,(H2,19,20,22). The predicted octanol–water partition coefficient (Wildman–Crippen LogP) is 2.87. The van der Waals surface area contributed by atoms with Crippen molar-refractivity contribution in [2.24, 2.45) is 0 Å². The number of likely N-dealkylation sites (tertiary alicyclic amines) is 1. The van der Waals surface area contributed by atoms with Crippen molar-refractivity contribution in [2.45, 2.75) is 45.1 Å². The van der Waals surface area contributed by atoms with E-state index in [0.29, 0.717) is 24.2 Å². The summed E-state index contributed by atoms with van der Waals surface area (Å²) in [6.45, 7) is 5.16. The molecule has 1 aromatic heterocycles. The van der Waals surface area contributed by atoms with E-state index < -0.39 is 0 Å². The second kappa shape index (κ2) is 9.35. The van der Waals surface area contributed by atoms with Crippen LogP contribution in [0.2, 0.25) is 0 Å². The second-order valence-electron chi connectivity index (χ2n) is 5.93. The average Bonchev–Trinajstić information content (AvgIpc) is 2.59. The number of aromatic nitrogens is 1. The van der Waals surface area contributed by atoms with Crippen LogP contribution in [0.1, 0.15) is 39.0 Å². The number of hydrogen-bond donors (Lipinski definition) is 2. The van der Waals surface area contributed by atoms with E-state index in [9.17, 15) is 4.79 Å². The maximum atomic E-state index is 12.1. The van der Waals surface area contributed by atoms with Crippen LogP contribution in [0.3, 0.4) is 0 Å². The molecular formula is C17H28N4O2. The van der Waals surface area contributed by atoms with Crippen LogP contribution in [0.25, 0.3) is 0 Å². The summed E-state index contributed by atoms with van der Waals surface area (Å²) in [5.74, 6) is 0.421. The van der Waals surface area contributed by atoms with Crippen molar-refractivity contribution < 1.29 is 9.53 Å². The zero-order chi connectivity index (χ0) is 16.5. The van der Waals surface area contributed by atoms with Gasteiger partial charge in [-0.25, -0.2) is 9.78 Å². The van der Waals surface area contributed by atoms with Crippen molar-refractivity contribution >= 4 is 11.7 Å². The summed E-state index contributed by atoms with van der Waals surface area (Å²) in [7, 11) is 1.54. The molecule has 0 radical (unpaired) electrons. The summed E-state index contributed by atoms with van der Waals surface area (Å²) in [5, 5.41) is 5.79. The number of nitrogens with one attached hydrogen (secondary N) is 2. The lowest BCUT2D eigenvalue weighted by molar-refractivity contribution is 0.145. The second-order valence-corrected chi connectivity index (χ2v) is 5.93. The van der Waals surface area contributed by atoms with Crippen LogP contribution in [0.15, 0.2) is 18.3 Å². The molecule has 2 N–H and O–H groups in total. The van der Waals surface area contributed by atoms with Crippen LogP contribution in [-0.2, 0) is 0 Å². The number of amides is 2. The van der Waals surface area contributed by atoms with E-state index in [1.165, 1.54) is 25.7 Å². The largest absolute Gasteiger partial charge is 0.480 e. The minimum Gasteiger partial charge on any atom is -0.480 e. The van der Waals surface area contributed by atoms with E-state index in [1.54, 1.807) is 25.4 Å². The Morgan fingerprint density at radius 3 is 3.13 bits per heavy atom. The molecule has 1 unspecified atom stereocenters. The first kappa shape index (κ1) is 17.5. The number of methoxy groups -OCH3 is 1. The maximum absolute atomic E-state index is 12.1. The Labute approximate surface area is 138 Å². The Kier molecular flexibility index (Phi) is 7.13. The van der Waals surface area contributed by atoms with E-state index in [1.807, 2.05) is 0 Å². The van der Waals surface area contributed by atoms with Crippen LogP contribution >= 0.6 is 0 Å². The number of ether oxygens (including phenoxy) is 1. The lowest BCUT2D eigenvalue weighted by Crippen LogP contribution is -2.47. The number of carbonyl (C=O) groups is 1. The molecule has 0 bridgehead atoms. The van der Waals surface area contributed by atoms with Crippen LogP contribution < -0.4 is 15.4 Å². The minimum absolute atomic E-state index is 0.211. The topological polar surface area (TPSA) is 66.5 Å². The van der Waals surface area contributed by atoms with E-state index in [2.05, 4.69) is 27.4 Å².